The summed E-state index contributed by atoms with van der Waals surface area (Å²) in [6.45, 7) is 12.5. The van der Waals surface area contributed by atoms with Crippen LogP contribution >= 0.6 is 0 Å². The maximum atomic E-state index is 3.94. The Morgan fingerprint density at radius 3 is 2.00 bits per heavy atom. The molecular formula is C10H18. The minimum Gasteiger partial charge on any atom is -0.0995 e. The Morgan fingerprint density at radius 2 is 1.90 bits per heavy atom. The van der Waals surface area contributed by atoms with Crippen LogP contribution in [-0.2, 0) is 0 Å². The van der Waals surface area contributed by atoms with Crippen molar-refractivity contribution < 1.29 is 0 Å². The predicted molar refractivity (Wildman–Crippen MR) is 48.0 cm³/mol. The topological polar surface area (TPSA) is 0 Å². The molecule has 0 heteroatoms. The Kier molecular flexibility index (Phi) is 4.10. The maximum Gasteiger partial charge on any atom is -0.000581 e. The molecule has 0 amide bonds. The first-order valence-corrected chi connectivity index (χ1v) is 3.87. The van der Waals surface area contributed by atoms with E-state index in [0.717, 1.165) is 0 Å². The molecule has 0 aromatic heterocycles. The molecule has 0 saturated carbocycles. The van der Waals surface area contributed by atoms with Crippen LogP contribution in [0, 0.1) is 11.8 Å². The van der Waals surface area contributed by atoms with Crippen molar-refractivity contribution in [2.24, 2.45) is 11.8 Å². The standard InChI is InChI=1S/C10H18/c1-6-7-10(8(2)3)9(4)5/h6-7,9-10H,2H2,1,3-5H3. The summed E-state index contributed by atoms with van der Waals surface area (Å²) in [5.41, 5.74) is 1.26. The normalized spacial score (nSPS) is 14.5. The lowest BCUT2D eigenvalue weighted by Gasteiger charge is -2.16. The summed E-state index contributed by atoms with van der Waals surface area (Å²) in [5, 5.41) is 0. The summed E-state index contributed by atoms with van der Waals surface area (Å²) >= 11 is 0. The SMILES string of the molecule is C=C(C)C(C=CC)C(C)C. The fourth-order valence-electron chi connectivity index (χ4n) is 1.16. The van der Waals surface area contributed by atoms with Gasteiger partial charge in [-0.05, 0) is 25.7 Å². The molecule has 0 aliphatic heterocycles. The van der Waals surface area contributed by atoms with E-state index in [-0.39, 0.29) is 0 Å². The van der Waals surface area contributed by atoms with Gasteiger partial charge in [-0.1, -0.05) is 38.2 Å². The van der Waals surface area contributed by atoms with Gasteiger partial charge in [-0.15, -0.1) is 0 Å². The van der Waals surface area contributed by atoms with Crippen LogP contribution in [-0.4, -0.2) is 0 Å². The summed E-state index contributed by atoms with van der Waals surface area (Å²) in [6.07, 6.45) is 4.31. The molecule has 1 unspecified atom stereocenters. The molecule has 0 bridgehead atoms. The summed E-state index contributed by atoms with van der Waals surface area (Å²) in [7, 11) is 0. The molecule has 0 aromatic rings. The maximum absolute atomic E-state index is 3.94. The van der Waals surface area contributed by atoms with Gasteiger partial charge < -0.3 is 0 Å². The molecule has 0 fully saturated rings. The van der Waals surface area contributed by atoms with Gasteiger partial charge >= 0.3 is 0 Å². The Labute approximate surface area is 64.6 Å². The van der Waals surface area contributed by atoms with Crippen molar-refractivity contribution in [3.05, 3.63) is 24.3 Å². The van der Waals surface area contributed by atoms with E-state index >= 15 is 0 Å². The molecule has 0 aliphatic carbocycles. The largest absolute Gasteiger partial charge is 0.0995 e. The van der Waals surface area contributed by atoms with Crippen molar-refractivity contribution in [3.8, 4) is 0 Å². The smallest absolute Gasteiger partial charge is 0.000581 e. The monoisotopic (exact) mass is 138 g/mol. The molecular weight excluding hydrogens is 120 g/mol. The number of rotatable bonds is 3. The van der Waals surface area contributed by atoms with E-state index in [1.165, 1.54) is 5.57 Å². The molecule has 0 aliphatic rings. The van der Waals surface area contributed by atoms with Crippen LogP contribution in [0.4, 0.5) is 0 Å². The zero-order chi connectivity index (χ0) is 8.15. The minimum atomic E-state index is 0.560. The Morgan fingerprint density at radius 1 is 1.40 bits per heavy atom. The zero-order valence-electron chi connectivity index (χ0n) is 7.52. The van der Waals surface area contributed by atoms with Gasteiger partial charge in [0.05, 0.1) is 0 Å². The van der Waals surface area contributed by atoms with Crippen LogP contribution in [0.25, 0.3) is 0 Å². The molecule has 0 rings (SSSR count). The Bertz CT molecular complexity index is 129. The van der Waals surface area contributed by atoms with E-state index in [2.05, 4.69) is 46.4 Å². The van der Waals surface area contributed by atoms with E-state index in [4.69, 9.17) is 0 Å². The highest BCUT2D eigenvalue weighted by Crippen LogP contribution is 2.19. The molecule has 0 saturated heterocycles. The van der Waals surface area contributed by atoms with Gasteiger partial charge in [0.25, 0.3) is 0 Å². The van der Waals surface area contributed by atoms with Crippen LogP contribution in [0.5, 0.6) is 0 Å². The molecule has 0 aromatic carbocycles. The molecule has 0 heterocycles. The van der Waals surface area contributed by atoms with Crippen LogP contribution in [0.2, 0.25) is 0 Å². The van der Waals surface area contributed by atoms with Crippen LogP contribution < -0.4 is 0 Å². The van der Waals surface area contributed by atoms with Crippen molar-refractivity contribution in [1.29, 1.82) is 0 Å². The highest BCUT2D eigenvalue weighted by molar-refractivity contribution is 5.07. The highest BCUT2D eigenvalue weighted by atomic mass is 14.1. The summed E-state index contributed by atoms with van der Waals surface area (Å²) in [6, 6.07) is 0. The van der Waals surface area contributed by atoms with Gasteiger partial charge in [0, 0.05) is 0 Å². The molecule has 0 spiro atoms. The fourth-order valence-corrected chi connectivity index (χ4v) is 1.16. The molecule has 0 radical (unpaired) electrons. The predicted octanol–water partition coefficient (Wildman–Crippen LogP) is 3.41. The van der Waals surface area contributed by atoms with E-state index < -0.39 is 0 Å². The van der Waals surface area contributed by atoms with Gasteiger partial charge in [0.1, 0.15) is 0 Å². The fraction of sp³-hybridized carbons (Fsp3) is 0.600. The van der Waals surface area contributed by atoms with E-state index in [0.29, 0.717) is 11.8 Å². The van der Waals surface area contributed by atoms with Crippen molar-refractivity contribution >= 4 is 0 Å². The van der Waals surface area contributed by atoms with Crippen molar-refractivity contribution in [3.63, 3.8) is 0 Å². The first-order valence-electron chi connectivity index (χ1n) is 3.87. The lowest BCUT2D eigenvalue weighted by Crippen LogP contribution is -2.05. The van der Waals surface area contributed by atoms with Crippen LogP contribution in [0.3, 0.4) is 0 Å². The van der Waals surface area contributed by atoms with Gasteiger partial charge in [0.15, 0.2) is 0 Å². The molecule has 0 N–H and O–H groups in total. The molecule has 1 atom stereocenters. The highest BCUT2D eigenvalue weighted by Gasteiger charge is 2.08. The van der Waals surface area contributed by atoms with Gasteiger partial charge in [-0.2, -0.15) is 0 Å². The van der Waals surface area contributed by atoms with E-state index in [1.54, 1.807) is 0 Å². The summed E-state index contributed by atoms with van der Waals surface area (Å²) in [5.74, 6) is 1.23. The minimum absolute atomic E-state index is 0.560. The molecule has 58 valence electrons. The lowest BCUT2D eigenvalue weighted by molar-refractivity contribution is 0.527. The van der Waals surface area contributed by atoms with Crippen molar-refractivity contribution in [1.82, 2.24) is 0 Å². The van der Waals surface area contributed by atoms with Crippen molar-refractivity contribution in [2.75, 3.05) is 0 Å². The van der Waals surface area contributed by atoms with Crippen molar-refractivity contribution in [2.45, 2.75) is 27.7 Å². The third-order valence-corrected chi connectivity index (χ3v) is 1.69. The average Bonchev–Trinajstić information content (AvgIpc) is 1.81. The first-order chi connectivity index (χ1) is 4.59. The zero-order valence-corrected chi connectivity index (χ0v) is 7.52. The Hall–Kier alpha value is -0.520. The van der Waals surface area contributed by atoms with E-state index in [9.17, 15) is 0 Å². The van der Waals surface area contributed by atoms with Gasteiger partial charge in [-0.25, -0.2) is 0 Å². The second kappa shape index (κ2) is 4.32. The van der Waals surface area contributed by atoms with Crippen LogP contribution in [0.15, 0.2) is 24.3 Å². The van der Waals surface area contributed by atoms with Gasteiger partial charge in [-0.3, -0.25) is 0 Å². The quantitative estimate of drug-likeness (QED) is 0.524. The summed E-state index contributed by atoms with van der Waals surface area (Å²) < 4.78 is 0. The summed E-state index contributed by atoms with van der Waals surface area (Å²) in [4.78, 5) is 0. The third-order valence-electron chi connectivity index (χ3n) is 1.69. The average molecular weight is 138 g/mol. The first kappa shape index (κ1) is 9.48. The second-order valence-electron chi connectivity index (χ2n) is 3.14. The molecule has 0 nitrogen and oxygen atoms in total. The van der Waals surface area contributed by atoms with E-state index in [1.807, 2.05) is 0 Å². The third kappa shape index (κ3) is 2.86. The van der Waals surface area contributed by atoms with Crippen LogP contribution in [0.1, 0.15) is 27.7 Å². The second-order valence-corrected chi connectivity index (χ2v) is 3.14. The number of allylic oxidation sites excluding steroid dienone is 3. The number of hydrogen-bond donors (Lipinski definition) is 0. The lowest BCUT2D eigenvalue weighted by atomic mass is 9.90. The number of hydrogen-bond acceptors (Lipinski definition) is 0. The Balaban J connectivity index is 4.12. The van der Waals surface area contributed by atoms with Gasteiger partial charge in [0.2, 0.25) is 0 Å². The molecule has 10 heavy (non-hydrogen) atoms.